The largest absolute Gasteiger partial charge is 0.395 e. The van der Waals surface area contributed by atoms with Crippen LogP contribution in [0.5, 0.6) is 0 Å². The van der Waals surface area contributed by atoms with Gasteiger partial charge in [0, 0.05) is 44.1 Å². The van der Waals surface area contributed by atoms with Crippen LogP contribution in [0.25, 0.3) is 5.69 Å². The van der Waals surface area contributed by atoms with Crippen molar-refractivity contribution < 1.29 is 18.6 Å². The first-order valence-corrected chi connectivity index (χ1v) is 7.80. The highest BCUT2D eigenvalue weighted by Crippen LogP contribution is 2.22. The van der Waals surface area contributed by atoms with Crippen LogP contribution >= 0.6 is 0 Å². The summed E-state index contributed by atoms with van der Waals surface area (Å²) >= 11 is 0. The molecule has 0 aliphatic heterocycles. The Labute approximate surface area is 140 Å². The predicted octanol–water partition coefficient (Wildman–Crippen LogP) is 2.21. The lowest BCUT2D eigenvalue weighted by Gasteiger charge is -2.21. The highest BCUT2D eigenvalue weighted by Gasteiger charge is 2.18. The second-order valence-corrected chi connectivity index (χ2v) is 5.65. The van der Waals surface area contributed by atoms with E-state index in [1.807, 2.05) is 18.7 Å². The SMILES string of the molecule is COCCN(CCO)Cc1c(C)nn(-c2ccc(F)cc2F)c1C. The zero-order chi connectivity index (χ0) is 17.7. The minimum Gasteiger partial charge on any atom is -0.395 e. The van der Waals surface area contributed by atoms with E-state index in [9.17, 15) is 13.9 Å². The molecule has 7 heteroatoms. The summed E-state index contributed by atoms with van der Waals surface area (Å²) in [5, 5.41) is 13.6. The number of nitrogens with zero attached hydrogens (tertiary/aromatic N) is 3. The lowest BCUT2D eigenvalue weighted by atomic mass is 10.1. The van der Waals surface area contributed by atoms with Gasteiger partial charge < -0.3 is 9.84 Å². The normalized spacial score (nSPS) is 11.5. The number of aryl methyl sites for hydroxylation is 1. The number of aliphatic hydroxyl groups excluding tert-OH is 1. The van der Waals surface area contributed by atoms with E-state index in [2.05, 4.69) is 5.10 Å². The Hall–Kier alpha value is -1.83. The van der Waals surface area contributed by atoms with Crippen molar-refractivity contribution >= 4 is 0 Å². The fraction of sp³-hybridized carbons (Fsp3) is 0.471. The summed E-state index contributed by atoms with van der Waals surface area (Å²) < 4.78 is 33.7. The third-order valence-electron chi connectivity index (χ3n) is 3.99. The van der Waals surface area contributed by atoms with Crippen LogP contribution in [-0.4, -0.2) is 53.2 Å². The molecule has 1 aromatic carbocycles. The number of aromatic nitrogens is 2. The van der Waals surface area contributed by atoms with Crippen LogP contribution < -0.4 is 0 Å². The average molecular weight is 339 g/mol. The highest BCUT2D eigenvalue weighted by atomic mass is 19.1. The van der Waals surface area contributed by atoms with Crippen molar-refractivity contribution in [2.75, 3.05) is 33.4 Å². The lowest BCUT2D eigenvalue weighted by molar-refractivity contribution is 0.126. The van der Waals surface area contributed by atoms with Crippen molar-refractivity contribution in [1.29, 1.82) is 0 Å². The van der Waals surface area contributed by atoms with E-state index >= 15 is 0 Å². The van der Waals surface area contributed by atoms with E-state index in [0.29, 0.717) is 26.2 Å². The second kappa shape index (κ2) is 8.32. The number of methoxy groups -OCH3 is 1. The maximum atomic E-state index is 14.0. The van der Waals surface area contributed by atoms with Crippen molar-refractivity contribution in [2.24, 2.45) is 0 Å². The molecular formula is C17H23F2N3O2. The van der Waals surface area contributed by atoms with E-state index in [4.69, 9.17) is 4.74 Å². The van der Waals surface area contributed by atoms with E-state index in [-0.39, 0.29) is 12.3 Å². The Kier molecular flexibility index (Phi) is 6.42. The van der Waals surface area contributed by atoms with Gasteiger partial charge >= 0.3 is 0 Å². The number of hydrogen-bond donors (Lipinski definition) is 1. The van der Waals surface area contributed by atoms with Crippen LogP contribution in [-0.2, 0) is 11.3 Å². The fourth-order valence-corrected chi connectivity index (χ4v) is 2.65. The first kappa shape index (κ1) is 18.5. The molecule has 0 saturated heterocycles. The number of hydrogen-bond acceptors (Lipinski definition) is 4. The van der Waals surface area contributed by atoms with Crippen LogP contribution in [0.2, 0.25) is 0 Å². The van der Waals surface area contributed by atoms with Crippen molar-refractivity contribution in [3.8, 4) is 5.69 Å². The first-order valence-electron chi connectivity index (χ1n) is 7.80. The zero-order valence-corrected chi connectivity index (χ0v) is 14.2. The summed E-state index contributed by atoms with van der Waals surface area (Å²) in [4.78, 5) is 2.05. The number of benzene rings is 1. The van der Waals surface area contributed by atoms with Gasteiger partial charge in [0.05, 0.1) is 18.9 Å². The Morgan fingerprint density at radius 1 is 1.25 bits per heavy atom. The number of ether oxygens (including phenoxy) is 1. The molecule has 0 amide bonds. The molecule has 0 bridgehead atoms. The van der Waals surface area contributed by atoms with E-state index in [1.165, 1.54) is 16.8 Å². The molecule has 2 rings (SSSR count). The molecule has 0 spiro atoms. The number of aliphatic hydroxyl groups is 1. The molecular weight excluding hydrogens is 316 g/mol. The van der Waals surface area contributed by atoms with Crippen LogP contribution in [0.4, 0.5) is 8.78 Å². The Bertz CT molecular complexity index is 689. The summed E-state index contributed by atoms with van der Waals surface area (Å²) in [6.45, 7) is 6.06. The minimum atomic E-state index is -0.654. The quantitative estimate of drug-likeness (QED) is 0.801. The molecule has 24 heavy (non-hydrogen) atoms. The summed E-state index contributed by atoms with van der Waals surface area (Å²) in [6.07, 6.45) is 0. The molecule has 0 aliphatic rings. The third-order valence-corrected chi connectivity index (χ3v) is 3.99. The molecule has 0 unspecified atom stereocenters. The van der Waals surface area contributed by atoms with Crippen LogP contribution in [0, 0.1) is 25.5 Å². The van der Waals surface area contributed by atoms with Crippen molar-refractivity contribution in [3.05, 3.63) is 46.8 Å². The standard InChI is InChI=1S/C17H23F2N3O2/c1-12-15(11-21(6-8-23)7-9-24-3)13(2)22(20-12)17-5-4-14(18)10-16(17)19/h4-5,10,23H,6-9,11H2,1-3H3. The van der Waals surface area contributed by atoms with Crippen LogP contribution in [0.15, 0.2) is 18.2 Å². The van der Waals surface area contributed by atoms with Crippen molar-refractivity contribution in [3.63, 3.8) is 0 Å². The van der Waals surface area contributed by atoms with Gasteiger partial charge in [-0.1, -0.05) is 0 Å². The second-order valence-electron chi connectivity index (χ2n) is 5.65. The minimum absolute atomic E-state index is 0.0442. The Morgan fingerprint density at radius 3 is 2.62 bits per heavy atom. The number of halogens is 2. The molecule has 132 valence electrons. The van der Waals surface area contributed by atoms with Gasteiger partial charge in [-0.05, 0) is 26.0 Å². The van der Waals surface area contributed by atoms with Crippen LogP contribution in [0.3, 0.4) is 0 Å². The molecule has 0 atom stereocenters. The molecule has 0 fully saturated rings. The summed E-state index contributed by atoms with van der Waals surface area (Å²) in [6, 6.07) is 3.44. The smallest absolute Gasteiger partial charge is 0.151 e. The van der Waals surface area contributed by atoms with Gasteiger partial charge in [0.15, 0.2) is 5.82 Å². The zero-order valence-electron chi connectivity index (χ0n) is 14.2. The average Bonchev–Trinajstić information content (AvgIpc) is 2.80. The van der Waals surface area contributed by atoms with Gasteiger partial charge in [-0.3, -0.25) is 4.90 Å². The molecule has 1 aromatic heterocycles. The first-order chi connectivity index (χ1) is 11.5. The summed E-state index contributed by atoms with van der Waals surface area (Å²) in [5.41, 5.74) is 2.74. The van der Waals surface area contributed by atoms with Gasteiger partial charge in [-0.2, -0.15) is 5.10 Å². The highest BCUT2D eigenvalue weighted by molar-refractivity contribution is 5.38. The van der Waals surface area contributed by atoms with Gasteiger partial charge in [0.2, 0.25) is 0 Å². The predicted molar refractivity (Wildman–Crippen MR) is 87.2 cm³/mol. The van der Waals surface area contributed by atoms with Gasteiger partial charge in [0.25, 0.3) is 0 Å². The molecule has 0 saturated carbocycles. The number of rotatable bonds is 8. The van der Waals surface area contributed by atoms with E-state index in [0.717, 1.165) is 23.0 Å². The summed E-state index contributed by atoms with van der Waals surface area (Å²) in [7, 11) is 1.63. The molecule has 0 aliphatic carbocycles. The van der Waals surface area contributed by atoms with Crippen LogP contribution in [0.1, 0.15) is 17.0 Å². The monoisotopic (exact) mass is 339 g/mol. The lowest BCUT2D eigenvalue weighted by Crippen LogP contribution is -2.30. The Balaban J connectivity index is 2.31. The van der Waals surface area contributed by atoms with Gasteiger partial charge in [-0.15, -0.1) is 0 Å². The van der Waals surface area contributed by atoms with Gasteiger partial charge in [-0.25, -0.2) is 13.5 Å². The summed E-state index contributed by atoms with van der Waals surface area (Å²) in [5.74, 6) is -1.27. The maximum absolute atomic E-state index is 14.0. The molecule has 0 radical (unpaired) electrons. The molecule has 2 aromatic rings. The molecule has 1 heterocycles. The maximum Gasteiger partial charge on any atom is 0.151 e. The third kappa shape index (κ3) is 4.17. The van der Waals surface area contributed by atoms with E-state index < -0.39 is 11.6 Å². The topological polar surface area (TPSA) is 50.5 Å². The molecule has 5 nitrogen and oxygen atoms in total. The van der Waals surface area contributed by atoms with E-state index in [1.54, 1.807) is 7.11 Å². The molecule has 1 N–H and O–H groups in total. The Morgan fingerprint density at radius 2 is 2.00 bits per heavy atom. The van der Waals surface area contributed by atoms with Crippen molar-refractivity contribution in [1.82, 2.24) is 14.7 Å². The fourth-order valence-electron chi connectivity index (χ4n) is 2.65. The van der Waals surface area contributed by atoms with Gasteiger partial charge in [0.1, 0.15) is 11.5 Å². The van der Waals surface area contributed by atoms with Crippen molar-refractivity contribution in [2.45, 2.75) is 20.4 Å².